The monoisotopic (exact) mass is 471 g/mol. The number of carbonyl (C=O) groups is 2. The molecule has 0 atom stereocenters. The molecule has 0 unspecified atom stereocenters. The van der Waals surface area contributed by atoms with Gasteiger partial charge in [0.05, 0.1) is 11.3 Å². The number of hydrogen-bond acceptors (Lipinski definition) is 4. The lowest BCUT2D eigenvalue weighted by atomic mass is 10.1. The summed E-state index contributed by atoms with van der Waals surface area (Å²) in [6.45, 7) is 4.00. The molecule has 0 aliphatic carbocycles. The van der Waals surface area contributed by atoms with Crippen molar-refractivity contribution in [1.82, 2.24) is 5.32 Å². The number of para-hydroxylation sites is 1. The molecule has 0 radical (unpaired) electrons. The van der Waals surface area contributed by atoms with Gasteiger partial charge in [0.15, 0.2) is 15.5 Å². The van der Waals surface area contributed by atoms with E-state index in [-0.39, 0.29) is 16.8 Å². The van der Waals surface area contributed by atoms with E-state index in [4.69, 9.17) is 16.6 Å². The quantitative estimate of drug-likeness (QED) is 0.464. The van der Waals surface area contributed by atoms with Gasteiger partial charge < -0.3 is 15.1 Å². The summed E-state index contributed by atoms with van der Waals surface area (Å²) in [5, 5.41) is 8.34. The molecule has 0 saturated carbocycles. The number of aryl methyl sites for hydroxylation is 2. The minimum atomic E-state index is -0.495. The zero-order valence-corrected chi connectivity index (χ0v) is 18.1. The maximum Gasteiger partial charge on any atom is 0.293 e. The van der Waals surface area contributed by atoms with Gasteiger partial charge in [-0.2, -0.15) is 0 Å². The zero-order chi connectivity index (χ0) is 21.0. The minimum Gasteiger partial charge on any atom is -0.444 e. The van der Waals surface area contributed by atoms with Crippen LogP contribution in [0.2, 0.25) is 0 Å². The van der Waals surface area contributed by atoms with E-state index in [1.165, 1.54) is 6.07 Å². The van der Waals surface area contributed by atoms with E-state index in [9.17, 15) is 9.59 Å². The summed E-state index contributed by atoms with van der Waals surface area (Å²) in [6.07, 6.45) is 0. The van der Waals surface area contributed by atoms with Crippen molar-refractivity contribution >= 4 is 56.4 Å². The molecule has 3 aromatic rings. The van der Waals surface area contributed by atoms with Gasteiger partial charge in [-0.15, -0.1) is 0 Å². The minimum absolute atomic E-state index is 0.0500. The Labute approximate surface area is 181 Å². The number of carbonyl (C=O) groups excluding carboxylic acids is 2. The molecule has 0 aliphatic heterocycles. The summed E-state index contributed by atoms with van der Waals surface area (Å²) in [5.41, 5.74) is 3.80. The van der Waals surface area contributed by atoms with Crippen molar-refractivity contribution in [3.8, 4) is 0 Å². The number of thiocarbonyl (C=S) groups is 1. The molecule has 8 heteroatoms. The average Bonchev–Trinajstić information content (AvgIpc) is 3.11. The predicted octanol–water partition coefficient (Wildman–Crippen LogP) is 5.04. The Bertz CT molecular complexity index is 1090. The molecule has 3 N–H and O–H groups in total. The first-order chi connectivity index (χ1) is 13.8. The zero-order valence-electron chi connectivity index (χ0n) is 15.7. The van der Waals surface area contributed by atoms with Gasteiger partial charge in [-0.25, -0.2) is 0 Å². The number of anilines is 2. The molecule has 0 aliphatic rings. The number of furan rings is 1. The fourth-order valence-corrected chi connectivity index (χ4v) is 3.07. The Kier molecular flexibility index (Phi) is 6.46. The van der Waals surface area contributed by atoms with Crippen molar-refractivity contribution in [2.75, 3.05) is 10.6 Å². The van der Waals surface area contributed by atoms with Crippen molar-refractivity contribution in [3.05, 3.63) is 81.7 Å². The van der Waals surface area contributed by atoms with Crippen LogP contribution in [0.4, 0.5) is 11.4 Å². The topological polar surface area (TPSA) is 83.4 Å². The molecule has 29 heavy (non-hydrogen) atoms. The lowest BCUT2D eigenvalue weighted by molar-refractivity contribution is 0.0949. The second-order valence-corrected chi connectivity index (χ2v) is 7.50. The van der Waals surface area contributed by atoms with Crippen molar-refractivity contribution in [1.29, 1.82) is 0 Å². The van der Waals surface area contributed by atoms with Crippen LogP contribution in [0.1, 0.15) is 32.0 Å². The van der Waals surface area contributed by atoms with Gasteiger partial charge in [-0.3, -0.25) is 14.9 Å². The van der Waals surface area contributed by atoms with Gasteiger partial charge in [0.1, 0.15) is 0 Å². The van der Waals surface area contributed by atoms with Crippen LogP contribution in [0, 0.1) is 13.8 Å². The van der Waals surface area contributed by atoms with Gasteiger partial charge in [0.25, 0.3) is 11.8 Å². The highest BCUT2D eigenvalue weighted by Crippen LogP contribution is 2.19. The summed E-state index contributed by atoms with van der Waals surface area (Å²) < 4.78 is 5.64. The number of amides is 2. The number of hydrogen-bond donors (Lipinski definition) is 3. The van der Waals surface area contributed by atoms with Gasteiger partial charge in [-0.1, -0.05) is 18.2 Å². The van der Waals surface area contributed by atoms with E-state index in [1.807, 2.05) is 32.0 Å². The Morgan fingerprint density at radius 2 is 1.69 bits per heavy atom. The first-order valence-electron chi connectivity index (χ1n) is 8.69. The first-order valence-corrected chi connectivity index (χ1v) is 9.89. The second-order valence-electron chi connectivity index (χ2n) is 6.31. The highest BCUT2D eigenvalue weighted by Gasteiger charge is 2.15. The van der Waals surface area contributed by atoms with Gasteiger partial charge in [0, 0.05) is 5.69 Å². The number of rotatable bonds is 4. The molecule has 2 amide bonds. The van der Waals surface area contributed by atoms with Gasteiger partial charge >= 0.3 is 0 Å². The van der Waals surface area contributed by atoms with E-state index < -0.39 is 5.91 Å². The van der Waals surface area contributed by atoms with E-state index in [0.29, 0.717) is 21.6 Å². The van der Waals surface area contributed by atoms with Crippen LogP contribution in [-0.2, 0) is 0 Å². The predicted molar refractivity (Wildman–Crippen MR) is 120 cm³/mol. The Balaban J connectivity index is 1.70. The maximum absolute atomic E-state index is 12.8. The van der Waals surface area contributed by atoms with Crippen LogP contribution < -0.4 is 16.0 Å². The molecule has 3 rings (SSSR count). The highest BCUT2D eigenvalue weighted by atomic mass is 79.9. The summed E-state index contributed by atoms with van der Waals surface area (Å²) in [5.74, 6) is -0.674. The van der Waals surface area contributed by atoms with E-state index >= 15 is 0 Å². The third-order valence-electron chi connectivity index (χ3n) is 4.21. The summed E-state index contributed by atoms with van der Waals surface area (Å²) in [4.78, 5) is 24.9. The summed E-state index contributed by atoms with van der Waals surface area (Å²) >= 11 is 8.34. The molecule has 0 spiro atoms. The molecule has 0 fully saturated rings. The fraction of sp³-hybridized carbons (Fsp3) is 0.0952. The molecular formula is C21H18BrN3O3S. The van der Waals surface area contributed by atoms with Crippen LogP contribution >= 0.6 is 28.1 Å². The third kappa shape index (κ3) is 5.30. The van der Waals surface area contributed by atoms with E-state index in [1.54, 1.807) is 30.3 Å². The van der Waals surface area contributed by atoms with Crippen LogP contribution in [0.25, 0.3) is 0 Å². The molecule has 0 saturated heterocycles. The highest BCUT2D eigenvalue weighted by molar-refractivity contribution is 9.10. The van der Waals surface area contributed by atoms with E-state index in [2.05, 4.69) is 31.9 Å². The van der Waals surface area contributed by atoms with Crippen molar-refractivity contribution < 1.29 is 14.0 Å². The molecule has 2 aromatic carbocycles. The van der Waals surface area contributed by atoms with Crippen LogP contribution in [0.15, 0.2) is 63.7 Å². The summed E-state index contributed by atoms with van der Waals surface area (Å²) in [6, 6.07) is 15.7. The van der Waals surface area contributed by atoms with E-state index in [0.717, 1.165) is 11.1 Å². The number of halogens is 1. The standard InChI is InChI=1S/C21H18BrN3O3S/c1-12-7-8-14(11-13(12)2)23-19(26)15-5-3-4-6-16(15)24-21(29)25-20(27)17-9-10-18(22)28-17/h3-11H,1-2H3,(H,23,26)(H2,24,25,27,29). The van der Waals surface area contributed by atoms with Crippen LogP contribution in [-0.4, -0.2) is 16.9 Å². The SMILES string of the molecule is Cc1ccc(NC(=O)c2ccccc2NC(=S)NC(=O)c2ccc(Br)o2)cc1C. The Morgan fingerprint density at radius 3 is 2.38 bits per heavy atom. The molecule has 6 nitrogen and oxygen atoms in total. The number of benzene rings is 2. The lowest BCUT2D eigenvalue weighted by Crippen LogP contribution is -2.34. The van der Waals surface area contributed by atoms with Crippen LogP contribution in [0.3, 0.4) is 0 Å². The smallest absolute Gasteiger partial charge is 0.293 e. The number of nitrogens with one attached hydrogen (secondary N) is 3. The Hall–Kier alpha value is -2.97. The third-order valence-corrected chi connectivity index (χ3v) is 4.84. The molecule has 1 aromatic heterocycles. The lowest BCUT2D eigenvalue weighted by Gasteiger charge is -2.13. The molecule has 1 heterocycles. The average molecular weight is 472 g/mol. The van der Waals surface area contributed by atoms with Crippen LogP contribution in [0.5, 0.6) is 0 Å². The van der Waals surface area contributed by atoms with Gasteiger partial charge in [0.2, 0.25) is 0 Å². The van der Waals surface area contributed by atoms with Crippen molar-refractivity contribution in [3.63, 3.8) is 0 Å². The fourth-order valence-electron chi connectivity index (χ4n) is 2.56. The Morgan fingerprint density at radius 1 is 0.931 bits per heavy atom. The van der Waals surface area contributed by atoms with Gasteiger partial charge in [-0.05, 0) is 89.5 Å². The molecule has 0 bridgehead atoms. The molecular weight excluding hydrogens is 454 g/mol. The first kappa shape index (κ1) is 20.8. The molecule has 148 valence electrons. The largest absolute Gasteiger partial charge is 0.444 e. The van der Waals surface area contributed by atoms with Crippen molar-refractivity contribution in [2.24, 2.45) is 0 Å². The maximum atomic E-state index is 12.8. The summed E-state index contributed by atoms with van der Waals surface area (Å²) in [7, 11) is 0. The normalized spacial score (nSPS) is 10.3. The second kappa shape index (κ2) is 9.02. The van der Waals surface area contributed by atoms with Crippen molar-refractivity contribution in [2.45, 2.75) is 13.8 Å².